The summed E-state index contributed by atoms with van der Waals surface area (Å²) in [6.07, 6.45) is 2.37. The maximum atomic E-state index is 12.4. The van der Waals surface area contributed by atoms with Crippen molar-refractivity contribution in [3.05, 3.63) is 46.9 Å². The van der Waals surface area contributed by atoms with Crippen LogP contribution < -0.4 is 15.5 Å². The molecular formula is C17H20N4O2S. The van der Waals surface area contributed by atoms with E-state index in [0.29, 0.717) is 19.5 Å². The van der Waals surface area contributed by atoms with Crippen LogP contribution in [-0.4, -0.2) is 36.1 Å². The summed E-state index contributed by atoms with van der Waals surface area (Å²) in [7, 11) is 0. The molecule has 2 aromatic rings. The number of hydrogen-bond donors (Lipinski definition) is 2. The van der Waals surface area contributed by atoms with Crippen LogP contribution in [0.25, 0.3) is 0 Å². The van der Waals surface area contributed by atoms with E-state index in [2.05, 4.69) is 15.6 Å². The average Bonchev–Trinajstić information content (AvgIpc) is 3.25. The Hall–Kier alpha value is -2.41. The van der Waals surface area contributed by atoms with E-state index in [1.807, 2.05) is 42.6 Å². The number of aromatic nitrogens is 1. The molecule has 1 aromatic carbocycles. The topological polar surface area (TPSA) is 74.3 Å². The number of nitrogens with one attached hydrogen (secondary N) is 2. The quantitative estimate of drug-likeness (QED) is 0.874. The molecule has 7 heteroatoms. The zero-order valence-corrected chi connectivity index (χ0v) is 14.3. The summed E-state index contributed by atoms with van der Waals surface area (Å²) in [5.41, 5.74) is 0.865. The Morgan fingerprint density at radius 2 is 2.21 bits per heavy atom. The highest BCUT2D eigenvalue weighted by atomic mass is 32.1. The molecule has 0 bridgehead atoms. The van der Waals surface area contributed by atoms with Gasteiger partial charge in [-0.15, -0.1) is 11.3 Å². The van der Waals surface area contributed by atoms with Crippen LogP contribution in [0.5, 0.6) is 0 Å². The maximum absolute atomic E-state index is 12.4. The minimum absolute atomic E-state index is 0.0654. The molecule has 1 aliphatic heterocycles. The predicted octanol–water partition coefficient (Wildman–Crippen LogP) is 2.35. The summed E-state index contributed by atoms with van der Waals surface area (Å²) in [5.74, 6) is 0.0835. The van der Waals surface area contributed by atoms with Crippen molar-refractivity contribution in [2.24, 2.45) is 0 Å². The third-order valence-corrected chi connectivity index (χ3v) is 5.03. The standard InChI is InChI=1S/C17H20N4O2S/c1-12(15-18-8-10-24-15)11-19-17(23)20-14-7-9-21(16(14)22)13-5-3-2-4-6-13/h2-6,8,10,12,14H,7,9,11H2,1H3,(H2,19,20,23)/t12-,14-/m0/s1. The second-order valence-corrected chi connectivity index (χ2v) is 6.72. The number of para-hydroxylation sites is 1. The molecular weight excluding hydrogens is 324 g/mol. The van der Waals surface area contributed by atoms with E-state index in [4.69, 9.17) is 0 Å². The molecule has 2 atom stereocenters. The lowest BCUT2D eigenvalue weighted by atomic mass is 10.2. The Morgan fingerprint density at radius 1 is 1.42 bits per heavy atom. The van der Waals surface area contributed by atoms with E-state index in [1.54, 1.807) is 22.4 Å². The van der Waals surface area contributed by atoms with Crippen molar-refractivity contribution in [2.75, 3.05) is 18.0 Å². The van der Waals surface area contributed by atoms with E-state index in [1.165, 1.54) is 0 Å². The molecule has 3 rings (SSSR count). The number of rotatable bonds is 5. The van der Waals surface area contributed by atoms with Gasteiger partial charge in [-0.1, -0.05) is 25.1 Å². The second-order valence-electron chi connectivity index (χ2n) is 5.79. The molecule has 1 fully saturated rings. The van der Waals surface area contributed by atoms with Crippen molar-refractivity contribution in [1.82, 2.24) is 15.6 Å². The van der Waals surface area contributed by atoms with Gasteiger partial charge in [0.15, 0.2) is 0 Å². The summed E-state index contributed by atoms with van der Waals surface area (Å²) in [5, 5.41) is 8.50. The molecule has 0 saturated carbocycles. The fraction of sp³-hybridized carbons (Fsp3) is 0.353. The third kappa shape index (κ3) is 3.73. The largest absolute Gasteiger partial charge is 0.337 e. The molecule has 0 radical (unpaired) electrons. The molecule has 24 heavy (non-hydrogen) atoms. The monoisotopic (exact) mass is 344 g/mol. The normalized spacial score (nSPS) is 18.5. The Bertz CT molecular complexity index is 690. The molecule has 0 aliphatic carbocycles. The van der Waals surface area contributed by atoms with Crippen LogP contribution >= 0.6 is 11.3 Å². The number of thiazole rings is 1. The first-order valence-electron chi connectivity index (χ1n) is 7.95. The fourth-order valence-corrected chi connectivity index (χ4v) is 3.40. The summed E-state index contributed by atoms with van der Waals surface area (Å²) < 4.78 is 0. The van der Waals surface area contributed by atoms with Crippen LogP contribution in [0.15, 0.2) is 41.9 Å². The smallest absolute Gasteiger partial charge is 0.315 e. The summed E-state index contributed by atoms with van der Waals surface area (Å²) in [6.45, 7) is 3.11. The molecule has 1 aromatic heterocycles. The molecule has 1 saturated heterocycles. The highest BCUT2D eigenvalue weighted by Gasteiger charge is 2.33. The number of amides is 3. The van der Waals surface area contributed by atoms with Gasteiger partial charge in [-0.05, 0) is 18.6 Å². The lowest BCUT2D eigenvalue weighted by Gasteiger charge is -2.17. The zero-order chi connectivity index (χ0) is 16.9. The molecule has 0 spiro atoms. The van der Waals surface area contributed by atoms with E-state index in [0.717, 1.165) is 10.7 Å². The van der Waals surface area contributed by atoms with Crippen molar-refractivity contribution in [2.45, 2.75) is 25.3 Å². The zero-order valence-electron chi connectivity index (χ0n) is 13.4. The van der Waals surface area contributed by atoms with Gasteiger partial charge >= 0.3 is 6.03 Å². The summed E-state index contributed by atoms with van der Waals surface area (Å²) in [6, 6.07) is 8.72. The number of carbonyl (C=O) groups excluding carboxylic acids is 2. The first kappa shape index (κ1) is 16.4. The maximum Gasteiger partial charge on any atom is 0.315 e. The van der Waals surface area contributed by atoms with Crippen LogP contribution in [-0.2, 0) is 4.79 Å². The van der Waals surface area contributed by atoms with E-state index < -0.39 is 6.04 Å². The van der Waals surface area contributed by atoms with Gasteiger partial charge in [0.2, 0.25) is 5.91 Å². The highest BCUT2D eigenvalue weighted by Crippen LogP contribution is 2.21. The van der Waals surface area contributed by atoms with Gasteiger partial charge in [0.05, 0.1) is 5.01 Å². The van der Waals surface area contributed by atoms with Crippen molar-refractivity contribution in [1.29, 1.82) is 0 Å². The van der Waals surface area contributed by atoms with Gasteiger partial charge in [0.25, 0.3) is 0 Å². The van der Waals surface area contributed by atoms with Crippen LogP contribution in [0.4, 0.5) is 10.5 Å². The van der Waals surface area contributed by atoms with Crippen LogP contribution in [0, 0.1) is 0 Å². The number of benzene rings is 1. The van der Waals surface area contributed by atoms with Crippen LogP contribution in [0.3, 0.4) is 0 Å². The summed E-state index contributed by atoms with van der Waals surface area (Å²) in [4.78, 5) is 30.4. The number of carbonyl (C=O) groups is 2. The molecule has 6 nitrogen and oxygen atoms in total. The minimum Gasteiger partial charge on any atom is -0.337 e. The number of hydrogen-bond acceptors (Lipinski definition) is 4. The van der Waals surface area contributed by atoms with Crippen LogP contribution in [0.2, 0.25) is 0 Å². The van der Waals surface area contributed by atoms with Crippen molar-refractivity contribution in [3.63, 3.8) is 0 Å². The molecule has 2 N–H and O–H groups in total. The number of urea groups is 1. The van der Waals surface area contributed by atoms with Gasteiger partial charge < -0.3 is 15.5 Å². The summed E-state index contributed by atoms with van der Waals surface area (Å²) >= 11 is 1.57. The third-order valence-electron chi connectivity index (χ3n) is 4.02. The minimum atomic E-state index is -0.472. The molecule has 0 unspecified atom stereocenters. The lowest BCUT2D eigenvalue weighted by molar-refractivity contribution is -0.118. The number of nitrogens with zero attached hydrogens (tertiary/aromatic N) is 2. The van der Waals surface area contributed by atoms with E-state index in [-0.39, 0.29) is 17.9 Å². The Morgan fingerprint density at radius 3 is 2.92 bits per heavy atom. The fourth-order valence-electron chi connectivity index (χ4n) is 2.70. The first-order chi connectivity index (χ1) is 11.6. The van der Waals surface area contributed by atoms with Gasteiger partial charge in [-0.25, -0.2) is 9.78 Å². The number of anilines is 1. The van der Waals surface area contributed by atoms with E-state index >= 15 is 0 Å². The molecule has 3 amide bonds. The van der Waals surface area contributed by atoms with Gasteiger partial charge in [0, 0.05) is 36.3 Å². The van der Waals surface area contributed by atoms with Gasteiger partial charge in [0.1, 0.15) is 6.04 Å². The SMILES string of the molecule is C[C@@H](CNC(=O)N[C@H]1CCN(c2ccccc2)C1=O)c1nccs1. The predicted molar refractivity (Wildman–Crippen MR) is 94.3 cm³/mol. The van der Waals surface area contributed by atoms with Gasteiger partial charge in [-0.3, -0.25) is 4.79 Å². The Kier molecular flexibility index (Phi) is 5.10. The lowest BCUT2D eigenvalue weighted by Crippen LogP contribution is -2.46. The van der Waals surface area contributed by atoms with E-state index in [9.17, 15) is 9.59 Å². The van der Waals surface area contributed by atoms with Crippen LogP contribution in [0.1, 0.15) is 24.3 Å². The molecule has 1 aliphatic rings. The molecule has 2 heterocycles. The highest BCUT2D eigenvalue weighted by molar-refractivity contribution is 7.09. The second kappa shape index (κ2) is 7.44. The first-order valence-corrected chi connectivity index (χ1v) is 8.83. The van der Waals surface area contributed by atoms with Crippen molar-refractivity contribution >= 4 is 29.0 Å². The Balaban J connectivity index is 1.49. The Labute approximate surface area is 144 Å². The average molecular weight is 344 g/mol. The molecule has 126 valence electrons. The van der Waals surface area contributed by atoms with Crippen molar-refractivity contribution < 1.29 is 9.59 Å². The van der Waals surface area contributed by atoms with Gasteiger partial charge in [-0.2, -0.15) is 0 Å². The van der Waals surface area contributed by atoms with Crippen molar-refractivity contribution in [3.8, 4) is 0 Å².